The van der Waals surface area contributed by atoms with E-state index in [9.17, 15) is 19.0 Å². The van der Waals surface area contributed by atoms with Crippen molar-refractivity contribution in [2.24, 2.45) is 0 Å². The van der Waals surface area contributed by atoms with Crippen LogP contribution in [0.2, 0.25) is 0 Å². The lowest BCUT2D eigenvalue weighted by molar-refractivity contribution is -0.870. The lowest BCUT2D eigenvalue weighted by atomic mass is 10.0. The smallest absolute Gasteiger partial charge is 0.306 e. The second-order valence-corrected chi connectivity index (χ2v) is 28.6. The van der Waals surface area contributed by atoms with Crippen molar-refractivity contribution < 1.29 is 37.3 Å². The fourth-order valence-electron chi connectivity index (χ4n) is 11.4. The highest BCUT2D eigenvalue weighted by Crippen LogP contribution is 2.38. The van der Waals surface area contributed by atoms with Gasteiger partial charge >= 0.3 is 5.97 Å². The van der Waals surface area contributed by atoms with Crippen molar-refractivity contribution in [1.82, 2.24) is 5.32 Å². The van der Waals surface area contributed by atoms with E-state index in [1.807, 2.05) is 33.3 Å². The highest BCUT2D eigenvalue weighted by molar-refractivity contribution is 7.45. The third-order valence-corrected chi connectivity index (χ3v) is 18.2. The molecule has 0 bridgehead atoms. The summed E-state index contributed by atoms with van der Waals surface area (Å²) in [4.78, 5) is 40.3. The van der Waals surface area contributed by atoms with Crippen molar-refractivity contribution in [2.75, 3.05) is 40.9 Å². The second kappa shape index (κ2) is 66.9. The molecule has 0 aromatic rings. The van der Waals surface area contributed by atoms with Gasteiger partial charge in [-0.3, -0.25) is 14.2 Å². The van der Waals surface area contributed by atoms with Crippen LogP contribution >= 0.6 is 7.82 Å². The Morgan fingerprint density at radius 3 is 1.07 bits per heavy atom. The van der Waals surface area contributed by atoms with Crippen LogP contribution in [0.25, 0.3) is 0 Å². The van der Waals surface area contributed by atoms with Gasteiger partial charge in [-0.2, -0.15) is 0 Å². The molecule has 0 radical (unpaired) electrons. The van der Waals surface area contributed by atoms with Crippen molar-refractivity contribution in [3.63, 3.8) is 0 Å². The summed E-state index contributed by atoms with van der Waals surface area (Å²) in [5.41, 5.74) is 0. The Morgan fingerprint density at radius 1 is 0.402 bits per heavy atom. The number of likely N-dealkylation sites (N-methyl/N-ethyl adjacent to an activating group) is 1. The predicted octanol–water partition coefficient (Wildman–Crippen LogP) is 23.7. The van der Waals surface area contributed by atoms with Gasteiger partial charge in [0.1, 0.15) is 19.3 Å². The molecule has 1 amide bonds. The number of ether oxygens (including phenoxy) is 1. The summed E-state index contributed by atoms with van der Waals surface area (Å²) >= 11 is 0. The molecule has 512 valence electrons. The first kappa shape index (κ1) is 85.0. The zero-order valence-corrected chi connectivity index (χ0v) is 59.6. The zero-order chi connectivity index (χ0) is 63.5. The molecule has 3 unspecified atom stereocenters. The van der Waals surface area contributed by atoms with Gasteiger partial charge in [0.05, 0.1) is 33.8 Å². The molecule has 0 aliphatic rings. The van der Waals surface area contributed by atoms with Crippen LogP contribution < -0.4 is 10.2 Å². The van der Waals surface area contributed by atoms with Crippen LogP contribution in [0.15, 0.2) is 48.6 Å². The number of phosphoric ester groups is 1. The number of hydrogen-bond donors (Lipinski definition) is 1. The number of amides is 1. The first-order valence-electron chi connectivity index (χ1n) is 37.9. The molecular weight excluding hydrogens is 1100 g/mol. The molecule has 0 aliphatic heterocycles. The zero-order valence-electron chi connectivity index (χ0n) is 58.7. The molecule has 0 aromatic carbocycles. The minimum atomic E-state index is -4.71. The van der Waals surface area contributed by atoms with Crippen LogP contribution in [0.1, 0.15) is 380 Å². The fraction of sp³-hybridized carbons (Fsp3) is 0.870. The fourth-order valence-corrected chi connectivity index (χ4v) is 12.1. The van der Waals surface area contributed by atoms with Crippen molar-refractivity contribution in [2.45, 2.75) is 392 Å². The first-order valence-corrected chi connectivity index (χ1v) is 39.4. The number of nitrogens with one attached hydrogen (secondary N) is 1. The molecule has 0 heterocycles. The van der Waals surface area contributed by atoms with Crippen LogP contribution in [0.5, 0.6) is 0 Å². The molecule has 3 atom stereocenters. The number of nitrogens with zero attached hydrogens (tertiary/aromatic N) is 1. The van der Waals surface area contributed by atoms with Crippen LogP contribution in [0.4, 0.5) is 0 Å². The van der Waals surface area contributed by atoms with E-state index in [0.717, 1.165) is 83.5 Å². The molecule has 0 aromatic heterocycles. The molecule has 9 nitrogen and oxygen atoms in total. The van der Waals surface area contributed by atoms with Gasteiger partial charge in [-0.05, 0) is 70.3 Å². The molecular formula is C77H147N2O7P. The van der Waals surface area contributed by atoms with E-state index in [2.05, 4.69) is 62.5 Å². The maximum atomic E-state index is 13.6. The number of carbonyl (C=O) groups excluding carboxylic acids is 2. The highest BCUT2D eigenvalue weighted by Gasteiger charge is 2.27. The number of carbonyl (C=O) groups is 2. The van der Waals surface area contributed by atoms with Gasteiger partial charge < -0.3 is 28.5 Å². The summed E-state index contributed by atoms with van der Waals surface area (Å²) in [7, 11) is 1.19. The van der Waals surface area contributed by atoms with Crippen LogP contribution in [0.3, 0.4) is 0 Å². The van der Waals surface area contributed by atoms with Gasteiger partial charge in [0.25, 0.3) is 7.82 Å². The number of hydrogen-bond acceptors (Lipinski definition) is 7. The van der Waals surface area contributed by atoms with Crippen molar-refractivity contribution in [1.29, 1.82) is 0 Å². The Labute approximate surface area is 541 Å². The second-order valence-electron chi connectivity index (χ2n) is 27.2. The quantitative estimate of drug-likeness (QED) is 0.0212. The summed E-state index contributed by atoms with van der Waals surface area (Å²) in [6, 6.07) is -0.892. The van der Waals surface area contributed by atoms with Crippen molar-refractivity contribution >= 4 is 19.7 Å². The highest BCUT2D eigenvalue weighted by atomic mass is 31.2. The van der Waals surface area contributed by atoms with Crippen molar-refractivity contribution in [3.05, 3.63) is 48.6 Å². The van der Waals surface area contributed by atoms with Gasteiger partial charge in [-0.1, -0.05) is 346 Å². The van der Waals surface area contributed by atoms with Gasteiger partial charge in [-0.25, -0.2) is 0 Å². The maximum absolute atomic E-state index is 13.6. The van der Waals surface area contributed by atoms with Gasteiger partial charge in [-0.15, -0.1) is 0 Å². The number of phosphoric acid groups is 1. The summed E-state index contributed by atoms with van der Waals surface area (Å²) in [6.45, 7) is 6.88. The first-order chi connectivity index (χ1) is 42.4. The van der Waals surface area contributed by atoms with Crippen molar-refractivity contribution in [3.8, 4) is 0 Å². The lowest BCUT2D eigenvalue weighted by Crippen LogP contribution is -2.47. The molecule has 0 saturated heterocycles. The minimum Gasteiger partial charge on any atom is -0.756 e. The molecule has 87 heavy (non-hydrogen) atoms. The topological polar surface area (TPSA) is 114 Å². The van der Waals surface area contributed by atoms with Gasteiger partial charge in [0, 0.05) is 12.8 Å². The molecule has 1 N–H and O–H groups in total. The largest absolute Gasteiger partial charge is 0.756 e. The average Bonchev–Trinajstić information content (AvgIpc) is 3.69. The SMILES string of the molecule is CCCCC/C=C\C/C=C\C/C=C\CCCCCCCCCCC(=O)NC(COP(=O)([O-])OCC[N+](C)(C)C)C(/C=C\CCCCCCCCCCCCC)OC(=O)CCCCCCCCCCCCCCCCCCCCCCCCCCCCC. The Hall–Kier alpha value is -2.03. The molecule has 0 rings (SSSR count). The third kappa shape index (κ3) is 68.2. The van der Waals surface area contributed by atoms with Gasteiger partial charge in [0.2, 0.25) is 5.91 Å². The van der Waals surface area contributed by atoms with E-state index in [-0.39, 0.29) is 31.5 Å². The molecule has 0 aliphatic carbocycles. The van der Waals surface area contributed by atoms with Crippen LogP contribution in [-0.4, -0.2) is 69.4 Å². The number of allylic oxidation sites excluding steroid dienone is 7. The summed E-state index contributed by atoms with van der Waals surface area (Å²) in [6.07, 6.45) is 85.3. The minimum absolute atomic E-state index is 0.0223. The third-order valence-electron chi connectivity index (χ3n) is 17.3. The summed E-state index contributed by atoms with van der Waals surface area (Å²) < 4.78 is 30.5. The van der Waals surface area contributed by atoms with Crippen LogP contribution in [-0.2, 0) is 27.9 Å². The average molecular weight is 1240 g/mol. The Bertz CT molecular complexity index is 1620. The Balaban J connectivity index is 5.00. The van der Waals surface area contributed by atoms with E-state index in [1.54, 1.807) is 0 Å². The predicted molar refractivity (Wildman–Crippen MR) is 376 cm³/mol. The van der Waals surface area contributed by atoms with Gasteiger partial charge in [0.15, 0.2) is 0 Å². The molecule has 10 heteroatoms. The van der Waals surface area contributed by atoms with E-state index in [1.165, 1.54) is 263 Å². The summed E-state index contributed by atoms with van der Waals surface area (Å²) in [5.74, 6) is -0.530. The number of unbranched alkanes of at least 4 members (excludes halogenated alkanes) is 48. The summed E-state index contributed by atoms with van der Waals surface area (Å²) in [5, 5.41) is 3.05. The normalized spacial score (nSPS) is 13.7. The van der Waals surface area contributed by atoms with Crippen LogP contribution in [0, 0.1) is 0 Å². The molecule has 0 fully saturated rings. The van der Waals surface area contributed by atoms with E-state index in [0.29, 0.717) is 17.4 Å². The monoisotopic (exact) mass is 1240 g/mol. The van der Waals surface area contributed by atoms with E-state index < -0.39 is 20.0 Å². The molecule has 0 saturated carbocycles. The Morgan fingerprint density at radius 2 is 0.701 bits per heavy atom. The maximum Gasteiger partial charge on any atom is 0.306 e. The Kier molecular flexibility index (Phi) is 65.3. The molecule has 0 spiro atoms. The number of esters is 1. The number of quaternary nitrogens is 1. The van der Waals surface area contributed by atoms with E-state index >= 15 is 0 Å². The van der Waals surface area contributed by atoms with E-state index in [4.69, 9.17) is 13.8 Å². The lowest BCUT2D eigenvalue weighted by Gasteiger charge is -2.30. The standard InChI is InChI=1S/C77H147N2O7P/c1-7-10-13-16-19-22-25-28-30-32-34-36-37-38-39-40-41-43-45-47-49-52-55-58-61-64-67-70-77(81)86-75(68-65-62-59-56-53-50-27-24-21-18-15-12-9-3)74(73-85-87(82,83)84-72-71-79(4,5)6)78-76(80)69-66-63-60-57-54-51-48-46-44-42-35-33-31-29-26-23-20-17-14-11-8-2/h20,23,29,31,35,42,65,68,74-75H,7-19,21-22,24-28,30,32-34,36-41,43-64,66-67,69-73H2,1-6H3,(H-,78,80,82,83)/b23-20-,31-29-,42-35-,68-65-. The number of rotatable bonds is 70.